The number of carbonyl (C=O) groups is 1. The molecule has 5 aromatic rings. The Labute approximate surface area is 231 Å². The first-order chi connectivity index (χ1) is 19.7. The smallest absolute Gasteiger partial charge is 0.262 e. The summed E-state index contributed by atoms with van der Waals surface area (Å²) in [7, 11) is -4.46. The predicted octanol–water partition coefficient (Wildman–Crippen LogP) is 5.11. The van der Waals surface area contributed by atoms with E-state index < -0.39 is 49.4 Å². The molecule has 13 heteroatoms. The van der Waals surface area contributed by atoms with Crippen molar-refractivity contribution in [2.45, 2.75) is 4.90 Å². The maximum absolute atomic E-state index is 15.5. The van der Waals surface area contributed by atoms with Gasteiger partial charge in [-0.2, -0.15) is 0 Å². The van der Waals surface area contributed by atoms with Crippen LogP contribution in [0.25, 0.3) is 16.6 Å². The molecule has 0 aliphatic rings. The number of aromatic nitrogens is 3. The number of nitrogens with one attached hydrogen (secondary N) is 2. The number of aromatic amines is 1. The number of benzene rings is 2. The third-order valence-corrected chi connectivity index (χ3v) is 7.31. The van der Waals surface area contributed by atoms with E-state index in [4.69, 9.17) is 5.73 Å². The van der Waals surface area contributed by atoms with Gasteiger partial charge in [-0.15, -0.1) is 0 Å². The normalized spacial score (nSPS) is 12.2. The number of pyridine rings is 2. The summed E-state index contributed by atoms with van der Waals surface area (Å²) in [5.74, 6) is -4.14. The second kappa shape index (κ2) is 11.1. The fourth-order valence-corrected chi connectivity index (χ4v) is 5.03. The first kappa shape index (κ1) is 27.3. The number of sulfonamides is 1. The van der Waals surface area contributed by atoms with Crippen LogP contribution in [-0.2, 0) is 10.0 Å². The zero-order chi connectivity index (χ0) is 29.1. The molecule has 0 aliphatic carbocycles. The molecule has 0 saturated carbocycles. The highest BCUT2D eigenvalue weighted by Gasteiger charge is 2.26. The van der Waals surface area contributed by atoms with Crippen LogP contribution in [0.15, 0.2) is 95.3 Å². The number of rotatable bonds is 8. The number of carbonyl (C=O) groups excluding carboxylic acids is 1. The fourth-order valence-electron chi connectivity index (χ4n) is 3.94. The van der Waals surface area contributed by atoms with Crippen molar-refractivity contribution in [1.29, 1.82) is 0 Å². The number of nitrogens with zero attached hydrogens (tertiary/aromatic N) is 3. The van der Waals surface area contributed by atoms with Gasteiger partial charge in [0.15, 0.2) is 11.6 Å². The monoisotopic (exact) mass is 576 g/mol. The molecule has 0 spiro atoms. The molecule has 2 aromatic carbocycles. The minimum absolute atomic E-state index is 0.129. The van der Waals surface area contributed by atoms with Gasteiger partial charge < -0.3 is 10.7 Å². The second-order valence-corrected chi connectivity index (χ2v) is 10.2. The molecule has 9 nitrogen and oxygen atoms in total. The topological polar surface area (TPSA) is 143 Å². The van der Waals surface area contributed by atoms with Gasteiger partial charge in [-0.3, -0.25) is 9.52 Å². The average molecular weight is 577 g/mol. The molecule has 0 bridgehead atoms. The number of anilines is 1. The lowest BCUT2D eigenvalue weighted by Crippen LogP contribution is -2.16. The number of hydrogen-bond donors (Lipinski definition) is 3. The summed E-state index contributed by atoms with van der Waals surface area (Å²) in [5.41, 5.74) is 5.08. The van der Waals surface area contributed by atoms with Crippen LogP contribution in [0.5, 0.6) is 0 Å². The van der Waals surface area contributed by atoms with Gasteiger partial charge in [0.1, 0.15) is 17.3 Å². The standard InChI is InChI=1S/C28H19F3N6O3S/c29-18-4-3-5-19(11-18)41(39,40)37-23-8-7-22(30)25(26(23)31)27(38)21-15-36-28-20(21)10-16(13-35-28)17(12-32)14-34-24-6-1-2-9-33-24/h1-15,37H,32H2,(H,35,36). The Hall–Kier alpha value is -5.30. The number of hydrogen-bond acceptors (Lipinski definition) is 7. The average Bonchev–Trinajstić information content (AvgIpc) is 3.39. The van der Waals surface area contributed by atoms with E-state index in [9.17, 15) is 22.0 Å². The molecule has 0 amide bonds. The fraction of sp³-hybridized carbons (Fsp3) is 0. The van der Waals surface area contributed by atoms with Gasteiger partial charge in [0.25, 0.3) is 10.0 Å². The highest BCUT2D eigenvalue weighted by atomic mass is 32.2. The summed E-state index contributed by atoms with van der Waals surface area (Å²) in [6, 6.07) is 12.3. The largest absolute Gasteiger partial charge is 0.404 e. The molecular weight excluding hydrogens is 557 g/mol. The quantitative estimate of drug-likeness (QED) is 0.173. The van der Waals surface area contributed by atoms with Crippen LogP contribution >= 0.6 is 0 Å². The number of fused-ring (bicyclic) bond motifs is 1. The van der Waals surface area contributed by atoms with E-state index in [1.54, 1.807) is 30.5 Å². The van der Waals surface area contributed by atoms with E-state index >= 15 is 4.39 Å². The Morgan fingerprint density at radius 2 is 1.85 bits per heavy atom. The number of aliphatic imine (C=N–C) groups is 1. The van der Waals surface area contributed by atoms with E-state index in [2.05, 4.69) is 19.9 Å². The van der Waals surface area contributed by atoms with Gasteiger partial charge in [0, 0.05) is 53.1 Å². The van der Waals surface area contributed by atoms with E-state index in [0.717, 1.165) is 36.4 Å². The molecule has 5 rings (SSSR count). The first-order valence-electron chi connectivity index (χ1n) is 11.8. The highest BCUT2D eigenvalue weighted by molar-refractivity contribution is 7.92. The number of nitrogens with two attached hydrogens (primary N) is 1. The van der Waals surface area contributed by atoms with Crippen molar-refractivity contribution >= 4 is 50.1 Å². The van der Waals surface area contributed by atoms with Gasteiger partial charge in [-0.05, 0) is 48.5 Å². The number of halogens is 3. The molecule has 41 heavy (non-hydrogen) atoms. The van der Waals surface area contributed by atoms with Crippen molar-refractivity contribution in [2.75, 3.05) is 4.72 Å². The van der Waals surface area contributed by atoms with E-state index in [1.807, 2.05) is 4.72 Å². The molecule has 4 N–H and O–H groups in total. The number of ketones is 1. The van der Waals surface area contributed by atoms with Gasteiger partial charge in [-0.25, -0.2) is 36.5 Å². The minimum Gasteiger partial charge on any atom is -0.404 e. The molecule has 206 valence electrons. The van der Waals surface area contributed by atoms with Crippen molar-refractivity contribution < 1.29 is 26.4 Å². The van der Waals surface area contributed by atoms with Gasteiger partial charge in [0.05, 0.1) is 16.1 Å². The molecule has 0 saturated heterocycles. The molecule has 0 aliphatic heterocycles. The lowest BCUT2D eigenvalue weighted by molar-refractivity contribution is 0.103. The van der Waals surface area contributed by atoms with Crippen molar-refractivity contribution in [1.82, 2.24) is 15.0 Å². The summed E-state index contributed by atoms with van der Waals surface area (Å²) >= 11 is 0. The molecule has 0 radical (unpaired) electrons. The summed E-state index contributed by atoms with van der Waals surface area (Å²) in [5, 5.41) is 0.225. The number of allylic oxidation sites excluding steroid dienone is 1. The summed E-state index contributed by atoms with van der Waals surface area (Å²) < 4.78 is 71.2. The number of H-pyrrole nitrogens is 1. The molecule has 3 heterocycles. The van der Waals surface area contributed by atoms with Crippen molar-refractivity contribution in [3.05, 3.63) is 120 Å². The minimum atomic E-state index is -4.46. The van der Waals surface area contributed by atoms with Crippen molar-refractivity contribution in [3.63, 3.8) is 0 Å². The molecule has 0 unspecified atom stereocenters. The van der Waals surface area contributed by atoms with Gasteiger partial charge >= 0.3 is 0 Å². The molecule has 0 fully saturated rings. The third kappa shape index (κ3) is 5.56. The predicted molar refractivity (Wildman–Crippen MR) is 148 cm³/mol. The van der Waals surface area contributed by atoms with Crippen molar-refractivity contribution in [2.24, 2.45) is 10.7 Å². The van der Waals surface area contributed by atoms with Crippen LogP contribution in [-0.4, -0.2) is 35.4 Å². The van der Waals surface area contributed by atoms with Gasteiger partial charge in [0.2, 0.25) is 5.78 Å². The SMILES string of the molecule is NC=C(C=Nc1ccccn1)c1cnc2[nH]cc(C(=O)c3c(F)ccc(NS(=O)(=O)c4cccc(F)c4)c3F)c2c1. The molecular formula is C28H19F3N6O3S. The second-order valence-electron chi connectivity index (χ2n) is 8.57. The Morgan fingerprint density at radius 3 is 2.59 bits per heavy atom. The maximum atomic E-state index is 15.5. The van der Waals surface area contributed by atoms with Crippen LogP contribution in [0, 0.1) is 17.5 Å². The van der Waals surface area contributed by atoms with Gasteiger partial charge in [-0.1, -0.05) is 12.1 Å². The highest BCUT2D eigenvalue weighted by Crippen LogP contribution is 2.29. The third-order valence-electron chi connectivity index (χ3n) is 5.94. The Kier molecular flexibility index (Phi) is 7.36. The summed E-state index contributed by atoms with van der Waals surface area (Å²) in [6.07, 6.45) is 7.01. The lowest BCUT2D eigenvalue weighted by Gasteiger charge is -2.12. The summed E-state index contributed by atoms with van der Waals surface area (Å²) in [4.78, 5) is 28.3. The van der Waals surface area contributed by atoms with E-state index in [-0.39, 0.29) is 16.6 Å². The lowest BCUT2D eigenvalue weighted by atomic mass is 10.00. The Bertz CT molecular complexity index is 1960. The zero-order valence-corrected chi connectivity index (χ0v) is 21.7. The Morgan fingerprint density at radius 1 is 1.02 bits per heavy atom. The zero-order valence-electron chi connectivity index (χ0n) is 20.8. The summed E-state index contributed by atoms with van der Waals surface area (Å²) in [6.45, 7) is 0. The molecule has 0 atom stereocenters. The van der Waals surface area contributed by atoms with E-state index in [0.29, 0.717) is 17.0 Å². The maximum Gasteiger partial charge on any atom is 0.262 e. The van der Waals surface area contributed by atoms with Crippen LogP contribution in [0.1, 0.15) is 21.5 Å². The van der Waals surface area contributed by atoms with Crippen LogP contribution in [0.4, 0.5) is 24.7 Å². The Balaban J connectivity index is 1.50. The van der Waals surface area contributed by atoms with Crippen LogP contribution < -0.4 is 10.5 Å². The van der Waals surface area contributed by atoms with Crippen LogP contribution in [0.2, 0.25) is 0 Å². The van der Waals surface area contributed by atoms with Crippen molar-refractivity contribution in [3.8, 4) is 0 Å². The van der Waals surface area contributed by atoms with E-state index in [1.165, 1.54) is 24.8 Å². The van der Waals surface area contributed by atoms with Crippen LogP contribution in [0.3, 0.4) is 0 Å². The first-order valence-corrected chi connectivity index (χ1v) is 13.3. The molecule has 3 aromatic heterocycles.